The van der Waals surface area contributed by atoms with Gasteiger partial charge in [0.2, 0.25) is 5.91 Å². The third kappa shape index (κ3) is 5.52. The summed E-state index contributed by atoms with van der Waals surface area (Å²) in [5.41, 5.74) is 2.24. The van der Waals surface area contributed by atoms with Crippen LogP contribution in [0.15, 0.2) is 72.8 Å². The number of carbonyl (C=O) groups excluding carboxylic acids is 1. The lowest BCUT2D eigenvalue weighted by atomic mass is 10.0. The Morgan fingerprint density at radius 1 is 0.926 bits per heavy atom. The molecule has 0 saturated heterocycles. The Morgan fingerprint density at radius 2 is 1.56 bits per heavy atom. The number of rotatable bonds is 9. The molecular formula is C23H27NO3. The van der Waals surface area contributed by atoms with Gasteiger partial charge in [0, 0.05) is 12.6 Å². The van der Waals surface area contributed by atoms with Crippen molar-refractivity contribution in [2.24, 2.45) is 0 Å². The minimum absolute atomic E-state index is 0.0322. The molecule has 0 aliphatic carbocycles. The Morgan fingerprint density at radius 3 is 2.19 bits per heavy atom. The van der Waals surface area contributed by atoms with E-state index in [2.05, 4.69) is 6.92 Å². The van der Waals surface area contributed by atoms with Crippen LogP contribution in [-0.2, 0) is 27.5 Å². The van der Waals surface area contributed by atoms with Gasteiger partial charge in [0.25, 0.3) is 0 Å². The normalized spacial score (nSPS) is 19.4. The first-order valence-corrected chi connectivity index (χ1v) is 9.54. The van der Waals surface area contributed by atoms with Crippen molar-refractivity contribution in [3.8, 4) is 0 Å². The van der Waals surface area contributed by atoms with Crippen LogP contribution in [0.5, 0.6) is 0 Å². The lowest BCUT2D eigenvalue weighted by Gasteiger charge is -2.37. The average Bonchev–Trinajstić information content (AvgIpc) is 2.71. The fraction of sp³-hybridized carbons (Fsp3) is 0.348. The number of benzene rings is 2. The number of carbonyl (C=O) groups is 1. The second-order valence-corrected chi connectivity index (χ2v) is 6.72. The average molecular weight is 365 g/mol. The molecule has 0 radical (unpaired) electrons. The van der Waals surface area contributed by atoms with Gasteiger partial charge >= 0.3 is 0 Å². The number of amides is 1. The van der Waals surface area contributed by atoms with Gasteiger partial charge < -0.3 is 14.4 Å². The summed E-state index contributed by atoms with van der Waals surface area (Å²) < 4.78 is 12.1. The molecule has 4 nitrogen and oxygen atoms in total. The van der Waals surface area contributed by atoms with Gasteiger partial charge in [-0.3, -0.25) is 4.79 Å². The van der Waals surface area contributed by atoms with E-state index in [0.717, 1.165) is 17.5 Å². The molecule has 1 heterocycles. The molecule has 0 N–H and O–H groups in total. The van der Waals surface area contributed by atoms with E-state index in [0.29, 0.717) is 26.4 Å². The number of ether oxygens (including phenoxy) is 2. The summed E-state index contributed by atoms with van der Waals surface area (Å²) in [5, 5.41) is 0. The molecule has 1 aliphatic rings. The largest absolute Gasteiger partial charge is 0.375 e. The monoisotopic (exact) mass is 365 g/mol. The fourth-order valence-corrected chi connectivity index (χ4v) is 3.25. The third-order valence-corrected chi connectivity index (χ3v) is 4.64. The summed E-state index contributed by atoms with van der Waals surface area (Å²) in [7, 11) is 0. The zero-order valence-corrected chi connectivity index (χ0v) is 15.8. The van der Waals surface area contributed by atoms with Gasteiger partial charge in [-0.25, -0.2) is 0 Å². The molecule has 1 aliphatic heterocycles. The molecule has 0 spiro atoms. The first-order chi connectivity index (χ1) is 13.3. The van der Waals surface area contributed by atoms with Gasteiger partial charge in [0.1, 0.15) is 0 Å². The molecule has 0 aromatic heterocycles. The molecular weight excluding hydrogens is 338 g/mol. The molecule has 142 valence electrons. The van der Waals surface area contributed by atoms with Crippen LogP contribution in [0, 0.1) is 0 Å². The molecule has 3 rings (SSSR count). The van der Waals surface area contributed by atoms with Gasteiger partial charge in [-0.15, -0.1) is 0 Å². The lowest BCUT2D eigenvalue weighted by molar-refractivity contribution is -0.136. The Bertz CT molecular complexity index is 730. The van der Waals surface area contributed by atoms with Crippen LogP contribution >= 0.6 is 0 Å². The quantitative estimate of drug-likeness (QED) is 0.675. The van der Waals surface area contributed by atoms with Gasteiger partial charge in [0.05, 0.1) is 32.0 Å². The van der Waals surface area contributed by atoms with Crippen molar-refractivity contribution in [1.29, 1.82) is 0 Å². The molecule has 2 aromatic rings. The summed E-state index contributed by atoms with van der Waals surface area (Å²) >= 11 is 0. The molecule has 0 fully saturated rings. The van der Waals surface area contributed by atoms with E-state index >= 15 is 0 Å². The van der Waals surface area contributed by atoms with E-state index < -0.39 is 0 Å². The van der Waals surface area contributed by atoms with Crippen molar-refractivity contribution in [1.82, 2.24) is 4.90 Å². The second-order valence-electron chi connectivity index (χ2n) is 6.72. The van der Waals surface area contributed by atoms with E-state index in [9.17, 15) is 4.79 Å². The van der Waals surface area contributed by atoms with E-state index in [4.69, 9.17) is 9.47 Å². The molecule has 0 saturated carbocycles. The van der Waals surface area contributed by atoms with Crippen molar-refractivity contribution < 1.29 is 14.3 Å². The van der Waals surface area contributed by atoms with E-state index in [-0.39, 0.29) is 18.1 Å². The zero-order chi connectivity index (χ0) is 18.9. The third-order valence-electron chi connectivity index (χ3n) is 4.64. The highest BCUT2D eigenvalue weighted by molar-refractivity contribution is 5.89. The van der Waals surface area contributed by atoms with Crippen molar-refractivity contribution in [2.75, 3.05) is 13.2 Å². The second kappa shape index (κ2) is 10.0. The van der Waals surface area contributed by atoms with Crippen LogP contribution in [0.25, 0.3) is 0 Å². The molecule has 1 amide bonds. The summed E-state index contributed by atoms with van der Waals surface area (Å²) in [6, 6.07) is 20.0. The predicted octanol–water partition coefficient (Wildman–Crippen LogP) is 3.97. The topological polar surface area (TPSA) is 38.8 Å². The standard InChI is InChI=1S/C23H27NO3/c1-2-15-24-21(18-26-16-19-9-5-3-6-10-19)22(13-14-23(24)25)27-17-20-11-7-4-8-12-20/h3-14,21-22H,2,15-18H2,1H3/t21-,22+/m1/s1. The van der Waals surface area contributed by atoms with Gasteiger partial charge in [-0.1, -0.05) is 67.6 Å². The lowest BCUT2D eigenvalue weighted by Crippen LogP contribution is -2.52. The predicted molar refractivity (Wildman–Crippen MR) is 106 cm³/mol. The van der Waals surface area contributed by atoms with E-state index in [1.165, 1.54) is 0 Å². The van der Waals surface area contributed by atoms with Gasteiger partial charge in [-0.2, -0.15) is 0 Å². The van der Waals surface area contributed by atoms with Crippen molar-refractivity contribution in [3.63, 3.8) is 0 Å². The minimum Gasteiger partial charge on any atom is -0.375 e. The van der Waals surface area contributed by atoms with E-state index in [1.54, 1.807) is 6.08 Å². The van der Waals surface area contributed by atoms with Crippen LogP contribution in [0.2, 0.25) is 0 Å². The minimum atomic E-state index is -0.176. The van der Waals surface area contributed by atoms with Gasteiger partial charge in [0.15, 0.2) is 0 Å². The van der Waals surface area contributed by atoms with Crippen LogP contribution in [0.3, 0.4) is 0 Å². The first-order valence-electron chi connectivity index (χ1n) is 9.54. The van der Waals surface area contributed by atoms with Crippen LogP contribution in [-0.4, -0.2) is 36.1 Å². The van der Waals surface area contributed by atoms with E-state index in [1.807, 2.05) is 71.6 Å². The summed E-state index contributed by atoms with van der Waals surface area (Å²) in [6.45, 7) is 4.27. The van der Waals surface area contributed by atoms with Crippen LogP contribution < -0.4 is 0 Å². The highest BCUT2D eigenvalue weighted by Gasteiger charge is 2.32. The Labute approximate surface area is 161 Å². The molecule has 4 heteroatoms. The molecule has 27 heavy (non-hydrogen) atoms. The van der Waals surface area contributed by atoms with Gasteiger partial charge in [-0.05, 0) is 23.6 Å². The highest BCUT2D eigenvalue weighted by atomic mass is 16.5. The molecule has 0 unspecified atom stereocenters. The number of hydrogen-bond donors (Lipinski definition) is 0. The SMILES string of the molecule is CCCN1C(=O)C=C[C@H](OCc2ccccc2)[C@H]1COCc1ccccc1. The maximum Gasteiger partial charge on any atom is 0.246 e. The number of nitrogens with zero attached hydrogens (tertiary/aromatic N) is 1. The zero-order valence-electron chi connectivity index (χ0n) is 15.8. The Hall–Kier alpha value is -2.43. The number of hydrogen-bond acceptors (Lipinski definition) is 3. The van der Waals surface area contributed by atoms with Crippen LogP contribution in [0.1, 0.15) is 24.5 Å². The maximum absolute atomic E-state index is 12.4. The molecule has 2 atom stereocenters. The van der Waals surface area contributed by atoms with Crippen molar-refractivity contribution in [2.45, 2.75) is 38.7 Å². The van der Waals surface area contributed by atoms with Crippen molar-refractivity contribution >= 4 is 5.91 Å². The molecule has 0 bridgehead atoms. The maximum atomic E-state index is 12.4. The molecule has 2 aromatic carbocycles. The summed E-state index contributed by atoms with van der Waals surface area (Å²) in [6.07, 6.45) is 4.22. The smallest absolute Gasteiger partial charge is 0.246 e. The van der Waals surface area contributed by atoms with Crippen LogP contribution in [0.4, 0.5) is 0 Å². The van der Waals surface area contributed by atoms with Crippen molar-refractivity contribution in [3.05, 3.63) is 83.9 Å². The Balaban J connectivity index is 1.64. The summed E-state index contributed by atoms with van der Waals surface area (Å²) in [4.78, 5) is 14.3. The first kappa shape index (κ1) is 19.3. The fourth-order valence-electron chi connectivity index (χ4n) is 3.25. The summed E-state index contributed by atoms with van der Waals surface area (Å²) in [5.74, 6) is 0.0322. The highest BCUT2D eigenvalue weighted by Crippen LogP contribution is 2.19. The Kier molecular flexibility index (Phi) is 7.19.